The molecule has 1 saturated carbocycles. The van der Waals surface area contributed by atoms with Crippen LogP contribution in [0.15, 0.2) is 6.33 Å². The first kappa shape index (κ1) is 10.6. The van der Waals surface area contributed by atoms with Gasteiger partial charge in [-0.05, 0) is 32.2 Å². The molecule has 0 aromatic carbocycles. The molecule has 0 saturated heterocycles. The van der Waals surface area contributed by atoms with Crippen molar-refractivity contribution in [3.63, 3.8) is 0 Å². The number of hydrogen-bond acceptors (Lipinski definition) is 3. The second-order valence-corrected chi connectivity index (χ2v) is 4.27. The van der Waals surface area contributed by atoms with Crippen molar-refractivity contribution in [2.45, 2.75) is 45.7 Å². The number of rotatable bonds is 5. The van der Waals surface area contributed by atoms with Gasteiger partial charge in [-0.15, -0.1) is 0 Å². The Kier molecular flexibility index (Phi) is 3.72. The van der Waals surface area contributed by atoms with Crippen LogP contribution in [0.25, 0.3) is 0 Å². The molecule has 1 N–H and O–H groups in total. The van der Waals surface area contributed by atoms with E-state index in [9.17, 15) is 0 Å². The summed E-state index contributed by atoms with van der Waals surface area (Å²) in [7, 11) is 0. The maximum Gasteiger partial charge on any atom is 0.140 e. The van der Waals surface area contributed by atoms with Crippen LogP contribution in [0.2, 0.25) is 0 Å². The zero-order valence-electron chi connectivity index (χ0n) is 9.45. The summed E-state index contributed by atoms with van der Waals surface area (Å²) in [5.41, 5.74) is 0. The highest BCUT2D eigenvalue weighted by atomic mass is 15.3. The van der Waals surface area contributed by atoms with E-state index in [-0.39, 0.29) is 0 Å². The first-order valence-corrected chi connectivity index (χ1v) is 5.97. The normalized spacial score (nSPS) is 17.4. The molecule has 1 fully saturated rings. The van der Waals surface area contributed by atoms with E-state index in [4.69, 9.17) is 0 Å². The van der Waals surface area contributed by atoms with Crippen molar-refractivity contribution in [1.29, 1.82) is 0 Å². The van der Waals surface area contributed by atoms with Crippen molar-refractivity contribution in [2.75, 3.05) is 6.54 Å². The van der Waals surface area contributed by atoms with E-state index in [2.05, 4.69) is 22.3 Å². The minimum atomic E-state index is 0.852. The maximum absolute atomic E-state index is 4.24. The third kappa shape index (κ3) is 2.78. The topological polar surface area (TPSA) is 42.7 Å². The average molecular weight is 208 g/mol. The molecule has 4 heteroatoms. The molecular weight excluding hydrogens is 188 g/mol. The van der Waals surface area contributed by atoms with E-state index in [0.29, 0.717) is 0 Å². The van der Waals surface area contributed by atoms with Gasteiger partial charge in [-0.25, -0.2) is 9.67 Å². The monoisotopic (exact) mass is 208 g/mol. The molecule has 2 rings (SSSR count). The second kappa shape index (κ2) is 5.26. The number of nitrogens with one attached hydrogen (secondary N) is 1. The number of hydrogen-bond donors (Lipinski definition) is 1. The lowest BCUT2D eigenvalue weighted by molar-refractivity contribution is 0.474. The lowest BCUT2D eigenvalue weighted by Gasteiger charge is -2.10. The molecule has 0 radical (unpaired) electrons. The summed E-state index contributed by atoms with van der Waals surface area (Å²) in [6.07, 6.45) is 7.26. The summed E-state index contributed by atoms with van der Waals surface area (Å²) in [5.74, 6) is 1.94. The fourth-order valence-corrected chi connectivity index (χ4v) is 2.29. The molecule has 84 valence electrons. The molecule has 1 aromatic rings. The SMILES string of the molecule is CCn1ncnc1CNCC1CCCC1. The van der Waals surface area contributed by atoms with Crippen LogP contribution in [0.4, 0.5) is 0 Å². The highest BCUT2D eigenvalue weighted by Gasteiger charge is 2.14. The predicted molar refractivity (Wildman–Crippen MR) is 59.4 cm³/mol. The van der Waals surface area contributed by atoms with E-state index in [1.165, 1.54) is 25.7 Å². The van der Waals surface area contributed by atoms with Crippen LogP contribution in [-0.2, 0) is 13.1 Å². The highest BCUT2D eigenvalue weighted by molar-refractivity contribution is 4.83. The van der Waals surface area contributed by atoms with E-state index in [0.717, 1.165) is 31.4 Å². The molecule has 4 nitrogen and oxygen atoms in total. The zero-order valence-corrected chi connectivity index (χ0v) is 9.45. The molecule has 1 heterocycles. The quantitative estimate of drug-likeness (QED) is 0.799. The smallest absolute Gasteiger partial charge is 0.140 e. The maximum atomic E-state index is 4.24. The van der Waals surface area contributed by atoms with Gasteiger partial charge in [-0.2, -0.15) is 5.10 Å². The molecule has 0 spiro atoms. The standard InChI is InChI=1S/C11H20N4/c1-2-15-11(13-9-14-15)8-12-7-10-5-3-4-6-10/h9-10,12H,2-8H2,1H3. The fraction of sp³-hybridized carbons (Fsp3) is 0.818. The van der Waals surface area contributed by atoms with Crippen molar-refractivity contribution in [3.05, 3.63) is 12.2 Å². The van der Waals surface area contributed by atoms with E-state index >= 15 is 0 Å². The van der Waals surface area contributed by atoms with Gasteiger partial charge in [0.25, 0.3) is 0 Å². The first-order chi connectivity index (χ1) is 7.40. The van der Waals surface area contributed by atoms with E-state index in [1.54, 1.807) is 6.33 Å². The predicted octanol–water partition coefficient (Wildman–Crippen LogP) is 1.58. The third-order valence-corrected chi connectivity index (χ3v) is 3.19. The van der Waals surface area contributed by atoms with Crippen LogP contribution in [0.1, 0.15) is 38.4 Å². The summed E-state index contributed by atoms with van der Waals surface area (Å²) < 4.78 is 1.95. The fourth-order valence-electron chi connectivity index (χ4n) is 2.29. The Hall–Kier alpha value is -0.900. The van der Waals surface area contributed by atoms with Gasteiger partial charge in [0, 0.05) is 6.54 Å². The molecule has 0 unspecified atom stereocenters. The minimum absolute atomic E-state index is 0.852. The van der Waals surface area contributed by atoms with Crippen LogP contribution < -0.4 is 5.32 Å². The zero-order chi connectivity index (χ0) is 10.5. The largest absolute Gasteiger partial charge is 0.310 e. The first-order valence-electron chi connectivity index (χ1n) is 5.97. The molecule has 0 bridgehead atoms. The average Bonchev–Trinajstić information content (AvgIpc) is 2.88. The van der Waals surface area contributed by atoms with Gasteiger partial charge in [0.15, 0.2) is 0 Å². The summed E-state index contributed by atoms with van der Waals surface area (Å²) in [6, 6.07) is 0. The Morgan fingerprint density at radius 1 is 1.47 bits per heavy atom. The van der Waals surface area contributed by atoms with Gasteiger partial charge in [-0.3, -0.25) is 0 Å². The second-order valence-electron chi connectivity index (χ2n) is 4.27. The Morgan fingerprint density at radius 3 is 3.00 bits per heavy atom. The van der Waals surface area contributed by atoms with Crippen LogP contribution >= 0.6 is 0 Å². The highest BCUT2D eigenvalue weighted by Crippen LogP contribution is 2.23. The van der Waals surface area contributed by atoms with Crippen molar-refractivity contribution in [3.8, 4) is 0 Å². The summed E-state index contributed by atoms with van der Waals surface area (Å²) in [5, 5.41) is 7.63. The number of nitrogens with zero attached hydrogens (tertiary/aromatic N) is 3. The van der Waals surface area contributed by atoms with Crippen molar-refractivity contribution < 1.29 is 0 Å². The van der Waals surface area contributed by atoms with Crippen LogP contribution in [-0.4, -0.2) is 21.3 Å². The van der Waals surface area contributed by atoms with Crippen molar-refractivity contribution in [2.24, 2.45) is 5.92 Å². The molecule has 0 atom stereocenters. The summed E-state index contributed by atoms with van der Waals surface area (Å²) >= 11 is 0. The molecule has 15 heavy (non-hydrogen) atoms. The molecule has 1 aromatic heterocycles. The summed E-state index contributed by atoms with van der Waals surface area (Å²) in [6.45, 7) is 4.98. The number of aromatic nitrogens is 3. The van der Waals surface area contributed by atoms with E-state index < -0.39 is 0 Å². The van der Waals surface area contributed by atoms with Gasteiger partial charge >= 0.3 is 0 Å². The Bertz CT molecular complexity index is 289. The molecular formula is C11H20N4. The molecule has 1 aliphatic carbocycles. The Morgan fingerprint density at radius 2 is 2.27 bits per heavy atom. The lowest BCUT2D eigenvalue weighted by atomic mass is 10.1. The van der Waals surface area contributed by atoms with Crippen molar-refractivity contribution in [1.82, 2.24) is 20.1 Å². The van der Waals surface area contributed by atoms with Crippen molar-refractivity contribution >= 4 is 0 Å². The number of aryl methyl sites for hydroxylation is 1. The van der Waals surface area contributed by atoms with Crippen LogP contribution in [0.3, 0.4) is 0 Å². The third-order valence-electron chi connectivity index (χ3n) is 3.19. The van der Waals surface area contributed by atoms with Gasteiger partial charge in [0.1, 0.15) is 12.2 Å². The van der Waals surface area contributed by atoms with Gasteiger partial charge < -0.3 is 5.32 Å². The molecule has 1 aliphatic rings. The summed E-state index contributed by atoms with van der Waals surface area (Å²) in [4.78, 5) is 4.24. The van der Waals surface area contributed by atoms with Crippen LogP contribution in [0.5, 0.6) is 0 Å². The van der Waals surface area contributed by atoms with E-state index in [1.807, 2.05) is 4.68 Å². The Labute approximate surface area is 91.1 Å². The molecule has 0 aliphatic heterocycles. The van der Waals surface area contributed by atoms with Gasteiger partial charge in [0.05, 0.1) is 6.54 Å². The van der Waals surface area contributed by atoms with Gasteiger partial charge in [-0.1, -0.05) is 12.8 Å². The van der Waals surface area contributed by atoms with Gasteiger partial charge in [0.2, 0.25) is 0 Å². The minimum Gasteiger partial charge on any atom is -0.310 e. The Balaban J connectivity index is 1.73. The van der Waals surface area contributed by atoms with Crippen LogP contribution in [0, 0.1) is 5.92 Å². The lowest BCUT2D eigenvalue weighted by Crippen LogP contribution is -2.22. The molecule has 0 amide bonds.